The van der Waals surface area contributed by atoms with E-state index in [-0.39, 0.29) is 23.5 Å². The van der Waals surface area contributed by atoms with Gasteiger partial charge in [-0.1, -0.05) is 26.0 Å². The highest BCUT2D eigenvalue weighted by atomic mass is 32.2. The van der Waals surface area contributed by atoms with Crippen LogP contribution in [0.15, 0.2) is 24.3 Å². The lowest BCUT2D eigenvalue weighted by atomic mass is 10.1. The Morgan fingerprint density at radius 3 is 2.18 bits per heavy atom. The highest BCUT2D eigenvalue weighted by molar-refractivity contribution is 7.88. The van der Waals surface area contributed by atoms with Gasteiger partial charge in [0.05, 0.1) is 5.75 Å². The van der Waals surface area contributed by atoms with Gasteiger partial charge in [-0.15, -0.1) is 0 Å². The minimum atomic E-state index is -3.36. The van der Waals surface area contributed by atoms with E-state index in [1.165, 1.54) is 24.3 Å². The normalized spacial score (nSPS) is 13.9. The van der Waals surface area contributed by atoms with Crippen LogP contribution in [-0.4, -0.2) is 14.5 Å². The number of rotatable bonds is 5. The maximum Gasteiger partial charge on any atom is 0.216 e. The van der Waals surface area contributed by atoms with Gasteiger partial charge in [0.1, 0.15) is 5.82 Å². The van der Waals surface area contributed by atoms with E-state index in [0.717, 1.165) is 0 Å². The van der Waals surface area contributed by atoms with E-state index in [1.54, 1.807) is 0 Å². The molecule has 0 saturated carbocycles. The van der Waals surface area contributed by atoms with Crippen molar-refractivity contribution in [2.45, 2.75) is 32.6 Å². The van der Waals surface area contributed by atoms with E-state index in [2.05, 4.69) is 4.72 Å². The van der Waals surface area contributed by atoms with E-state index in [0.29, 0.717) is 5.56 Å². The van der Waals surface area contributed by atoms with Gasteiger partial charge in [0, 0.05) is 6.04 Å². The first-order valence-corrected chi connectivity index (χ1v) is 7.20. The molecule has 3 nitrogen and oxygen atoms in total. The van der Waals surface area contributed by atoms with Crippen LogP contribution in [0.3, 0.4) is 0 Å². The Hall–Kier alpha value is -0.940. The lowest BCUT2D eigenvalue weighted by Crippen LogP contribution is -2.36. The third-order valence-electron chi connectivity index (χ3n) is 2.64. The molecule has 0 radical (unpaired) electrons. The van der Waals surface area contributed by atoms with Crippen LogP contribution in [0.5, 0.6) is 0 Å². The second kappa shape index (κ2) is 5.60. The van der Waals surface area contributed by atoms with Crippen molar-refractivity contribution in [3.63, 3.8) is 0 Å². The molecule has 17 heavy (non-hydrogen) atoms. The van der Waals surface area contributed by atoms with Crippen LogP contribution in [0.4, 0.5) is 4.39 Å². The lowest BCUT2D eigenvalue weighted by molar-refractivity contribution is 0.476. The van der Waals surface area contributed by atoms with Crippen molar-refractivity contribution in [1.82, 2.24) is 4.72 Å². The summed E-state index contributed by atoms with van der Waals surface area (Å²) in [5.74, 6) is -0.253. The smallest absolute Gasteiger partial charge is 0.212 e. The van der Waals surface area contributed by atoms with E-state index in [9.17, 15) is 12.8 Å². The first kappa shape index (κ1) is 14.1. The molecule has 0 aliphatic heterocycles. The molecule has 0 aliphatic carbocycles. The summed E-state index contributed by atoms with van der Waals surface area (Å²) < 4.78 is 38.9. The van der Waals surface area contributed by atoms with E-state index in [4.69, 9.17) is 0 Å². The topological polar surface area (TPSA) is 46.2 Å². The van der Waals surface area contributed by atoms with E-state index >= 15 is 0 Å². The highest BCUT2D eigenvalue weighted by Crippen LogP contribution is 2.09. The van der Waals surface area contributed by atoms with Crippen molar-refractivity contribution in [3.05, 3.63) is 35.6 Å². The van der Waals surface area contributed by atoms with Crippen LogP contribution in [0.1, 0.15) is 26.3 Å². The second-order valence-electron chi connectivity index (χ2n) is 4.54. The molecule has 1 rings (SSSR count). The quantitative estimate of drug-likeness (QED) is 0.882. The van der Waals surface area contributed by atoms with Crippen LogP contribution >= 0.6 is 0 Å². The molecular formula is C12H18FNO2S. The predicted octanol–water partition coefficient (Wildman–Crippen LogP) is 2.29. The van der Waals surface area contributed by atoms with Gasteiger partial charge in [0.15, 0.2) is 0 Å². The number of nitrogens with one attached hydrogen (secondary N) is 1. The summed E-state index contributed by atoms with van der Waals surface area (Å²) in [5, 5.41) is 0. The second-order valence-corrected chi connectivity index (χ2v) is 6.29. The molecule has 1 aromatic carbocycles. The molecule has 0 spiro atoms. The zero-order valence-electron chi connectivity index (χ0n) is 10.3. The summed E-state index contributed by atoms with van der Waals surface area (Å²) in [5.41, 5.74) is 0.579. The van der Waals surface area contributed by atoms with Crippen LogP contribution in [0.25, 0.3) is 0 Å². The minimum absolute atomic E-state index is 0.111. The Labute approximate surface area is 102 Å². The van der Waals surface area contributed by atoms with Gasteiger partial charge in [-0.05, 0) is 30.5 Å². The van der Waals surface area contributed by atoms with Crippen LogP contribution < -0.4 is 4.72 Å². The standard InChI is InChI=1S/C12H18FNO2S/c1-9(2)10(3)14-17(15,16)8-11-4-6-12(13)7-5-11/h4-7,9-10,14H,8H2,1-3H3/t10-/m1/s1. The molecule has 0 unspecified atom stereocenters. The first-order chi connectivity index (χ1) is 7.80. The molecule has 0 fully saturated rings. The summed E-state index contributed by atoms with van der Waals surface area (Å²) in [6.07, 6.45) is 0. The minimum Gasteiger partial charge on any atom is -0.212 e. The molecule has 1 N–H and O–H groups in total. The predicted molar refractivity (Wildman–Crippen MR) is 66.5 cm³/mol. The summed E-state index contributed by atoms with van der Waals surface area (Å²) >= 11 is 0. The summed E-state index contributed by atoms with van der Waals surface area (Å²) in [6.45, 7) is 5.73. The van der Waals surface area contributed by atoms with Crippen molar-refractivity contribution in [3.8, 4) is 0 Å². The average molecular weight is 259 g/mol. The Morgan fingerprint density at radius 2 is 1.71 bits per heavy atom. The maximum absolute atomic E-state index is 12.7. The molecule has 0 amide bonds. The Balaban J connectivity index is 2.70. The first-order valence-electron chi connectivity index (χ1n) is 5.54. The van der Waals surface area contributed by atoms with Gasteiger partial charge < -0.3 is 0 Å². The average Bonchev–Trinajstić information content (AvgIpc) is 2.20. The van der Waals surface area contributed by atoms with Crippen LogP contribution in [0, 0.1) is 11.7 Å². The van der Waals surface area contributed by atoms with Crippen molar-refractivity contribution in [2.75, 3.05) is 0 Å². The molecule has 0 saturated heterocycles. The lowest BCUT2D eigenvalue weighted by Gasteiger charge is -2.17. The van der Waals surface area contributed by atoms with Crippen molar-refractivity contribution >= 4 is 10.0 Å². The monoisotopic (exact) mass is 259 g/mol. The fraction of sp³-hybridized carbons (Fsp3) is 0.500. The largest absolute Gasteiger partial charge is 0.216 e. The summed E-state index contributed by atoms with van der Waals surface area (Å²) in [7, 11) is -3.36. The van der Waals surface area contributed by atoms with Crippen molar-refractivity contribution < 1.29 is 12.8 Å². The van der Waals surface area contributed by atoms with Crippen LogP contribution in [0.2, 0.25) is 0 Å². The van der Waals surface area contributed by atoms with Gasteiger partial charge in [-0.2, -0.15) is 0 Å². The Bertz CT molecular complexity index is 454. The summed E-state index contributed by atoms with van der Waals surface area (Å²) in [6, 6.07) is 5.37. The maximum atomic E-state index is 12.7. The molecule has 96 valence electrons. The van der Waals surface area contributed by atoms with Gasteiger partial charge >= 0.3 is 0 Å². The van der Waals surface area contributed by atoms with Gasteiger partial charge in [-0.3, -0.25) is 0 Å². The molecule has 1 atom stereocenters. The number of sulfonamides is 1. The molecule has 0 aliphatic rings. The molecule has 0 aromatic heterocycles. The molecule has 5 heteroatoms. The van der Waals surface area contributed by atoms with Gasteiger partial charge in [0.2, 0.25) is 10.0 Å². The Kier molecular flexibility index (Phi) is 4.65. The number of hydrogen-bond donors (Lipinski definition) is 1. The molecule has 1 aromatic rings. The third-order valence-corrected chi connectivity index (χ3v) is 4.08. The van der Waals surface area contributed by atoms with E-state index in [1.807, 2.05) is 20.8 Å². The number of halogens is 1. The van der Waals surface area contributed by atoms with Crippen molar-refractivity contribution in [2.24, 2.45) is 5.92 Å². The number of hydrogen-bond acceptors (Lipinski definition) is 2. The number of benzene rings is 1. The fourth-order valence-corrected chi connectivity index (χ4v) is 2.81. The van der Waals surface area contributed by atoms with E-state index < -0.39 is 10.0 Å². The molecule has 0 heterocycles. The van der Waals surface area contributed by atoms with Gasteiger partial charge in [0.25, 0.3) is 0 Å². The highest BCUT2D eigenvalue weighted by Gasteiger charge is 2.17. The zero-order valence-corrected chi connectivity index (χ0v) is 11.1. The van der Waals surface area contributed by atoms with Crippen molar-refractivity contribution in [1.29, 1.82) is 0 Å². The molecular weight excluding hydrogens is 241 g/mol. The third kappa shape index (κ3) is 4.83. The van der Waals surface area contributed by atoms with Gasteiger partial charge in [-0.25, -0.2) is 17.5 Å². The SMILES string of the molecule is CC(C)[C@@H](C)NS(=O)(=O)Cc1ccc(F)cc1. The summed E-state index contributed by atoms with van der Waals surface area (Å²) in [4.78, 5) is 0. The fourth-order valence-electron chi connectivity index (χ4n) is 1.26. The van der Waals surface area contributed by atoms with Crippen LogP contribution in [-0.2, 0) is 15.8 Å². The molecule has 0 bridgehead atoms. The Morgan fingerprint density at radius 1 is 1.18 bits per heavy atom. The zero-order chi connectivity index (χ0) is 13.1.